The first kappa shape index (κ1) is 36.0. The van der Waals surface area contributed by atoms with Crippen molar-refractivity contribution in [1.82, 2.24) is 4.57 Å². The van der Waals surface area contributed by atoms with Crippen molar-refractivity contribution in [2.45, 2.75) is 17.4 Å². The van der Waals surface area contributed by atoms with E-state index in [1.165, 1.54) is 21.9 Å². The molecule has 0 fully saturated rings. The Morgan fingerprint density at radius 3 is 2.05 bits per heavy atom. The van der Waals surface area contributed by atoms with Crippen LogP contribution in [0.5, 0.6) is 17.2 Å². The van der Waals surface area contributed by atoms with Crippen molar-refractivity contribution in [3.05, 3.63) is 197 Å². The molecule has 9 heteroatoms. The van der Waals surface area contributed by atoms with Crippen molar-refractivity contribution in [2.75, 3.05) is 4.90 Å². The van der Waals surface area contributed by atoms with E-state index in [0.717, 1.165) is 46.2 Å². The highest BCUT2D eigenvalue weighted by molar-refractivity contribution is 8.03. The average molecular weight is 793 g/mol. The smallest absolute Gasteiger partial charge is 0.184 e. The second kappa shape index (κ2) is 14.2. The number of anilines is 2. The molecule has 0 bridgehead atoms. The summed E-state index contributed by atoms with van der Waals surface area (Å²) < 4.78 is 2.28. The van der Waals surface area contributed by atoms with Gasteiger partial charge < -0.3 is 40.1 Å². The fourth-order valence-corrected chi connectivity index (χ4v) is 9.58. The Morgan fingerprint density at radius 2 is 1.29 bits per heavy atom. The van der Waals surface area contributed by atoms with Crippen LogP contribution >= 0.6 is 11.8 Å². The van der Waals surface area contributed by atoms with E-state index in [1.54, 1.807) is 54.6 Å². The minimum Gasteiger partial charge on any atom is -0.506 e. The summed E-state index contributed by atoms with van der Waals surface area (Å²) in [6.07, 6.45) is 9.44. The van der Waals surface area contributed by atoms with Gasteiger partial charge in [-0.15, -0.1) is 0 Å². The van der Waals surface area contributed by atoms with Crippen LogP contribution in [0.25, 0.3) is 50.5 Å². The van der Waals surface area contributed by atoms with E-state index in [1.807, 2.05) is 42.5 Å². The molecule has 0 saturated heterocycles. The van der Waals surface area contributed by atoms with Crippen LogP contribution in [-0.2, 0) is 6.42 Å². The fraction of sp³-hybridized carbons (Fsp3) is 0.0400. The summed E-state index contributed by atoms with van der Waals surface area (Å²) in [6.45, 7) is 0. The van der Waals surface area contributed by atoms with E-state index in [2.05, 4.69) is 65.3 Å². The Hall–Kier alpha value is -7.33. The monoisotopic (exact) mass is 792 g/mol. The van der Waals surface area contributed by atoms with Crippen LogP contribution in [0.15, 0.2) is 185 Å². The topological polar surface area (TPSA) is 130 Å². The molecule has 10 rings (SSSR count). The number of aromatic hydroxyl groups is 3. The number of benzene rings is 6. The molecular formula is C50H36N2O6S. The minimum atomic E-state index is -1.36. The quantitative estimate of drug-likeness (QED) is 0.0751. The molecule has 2 heterocycles. The van der Waals surface area contributed by atoms with Gasteiger partial charge in [-0.1, -0.05) is 133 Å². The molecule has 0 amide bonds. The van der Waals surface area contributed by atoms with Gasteiger partial charge >= 0.3 is 0 Å². The van der Waals surface area contributed by atoms with Crippen molar-refractivity contribution in [2.24, 2.45) is 0 Å². The van der Waals surface area contributed by atoms with E-state index >= 15 is 0 Å². The van der Waals surface area contributed by atoms with Crippen LogP contribution in [0.1, 0.15) is 16.8 Å². The molecule has 6 N–H and O–H groups in total. The van der Waals surface area contributed by atoms with Gasteiger partial charge in [0, 0.05) is 27.2 Å². The van der Waals surface area contributed by atoms with Gasteiger partial charge in [0.1, 0.15) is 23.2 Å². The molecule has 1 aromatic heterocycles. The summed E-state index contributed by atoms with van der Waals surface area (Å²) in [6, 6.07) is 41.7. The predicted octanol–water partition coefficient (Wildman–Crippen LogP) is 11.4. The molecule has 8 nitrogen and oxygen atoms in total. The van der Waals surface area contributed by atoms with Gasteiger partial charge in [0.2, 0.25) is 0 Å². The number of aliphatic hydroxyl groups is 3. The highest BCUT2D eigenvalue weighted by Crippen LogP contribution is 2.63. The van der Waals surface area contributed by atoms with Gasteiger partial charge in [0.25, 0.3) is 0 Å². The Morgan fingerprint density at radius 1 is 0.593 bits per heavy atom. The van der Waals surface area contributed by atoms with Gasteiger partial charge in [-0.25, -0.2) is 0 Å². The number of hydrogen-bond acceptors (Lipinski definition) is 8. The van der Waals surface area contributed by atoms with Gasteiger partial charge in [-0.2, -0.15) is 0 Å². The summed E-state index contributed by atoms with van der Waals surface area (Å²) >= 11 is 1.00. The molecular weight excluding hydrogens is 757 g/mol. The third-order valence-corrected chi connectivity index (χ3v) is 12.2. The number of aliphatic hydroxyl groups excluding tert-OH is 3. The van der Waals surface area contributed by atoms with Crippen LogP contribution in [0, 0.1) is 0 Å². The maximum atomic E-state index is 12.0. The number of hydrogen-bond donors (Lipinski definition) is 6. The zero-order valence-electron chi connectivity index (χ0n) is 31.4. The summed E-state index contributed by atoms with van der Waals surface area (Å²) in [5.74, 6) is -2.51. The zero-order chi connectivity index (χ0) is 40.4. The van der Waals surface area contributed by atoms with E-state index in [-0.39, 0.29) is 33.2 Å². The first-order valence-corrected chi connectivity index (χ1v) is 19.9. The normalized spacial score (nSPS) is 16.1. The molecule has 59 heavy (non-hydrogen) atoms. The summed E-state index contributed by atoms with van der Waals surface area (Å²) in [7, 11) is 0. The standard InChI is InChI=1S/C50H36N2O6S/c53-39-28-40-43(48(57)45(54)41(39)30-13-4-1-5-14-30)52(44-49(58)46(55)42(47(56)50(44)59-40)31-15-6-2-7-16-31)33-25-23-29(24-26-33)32-17-12-18-34(27-32)51-37-21-9-3-8-19-35(37)36-20-10-11-22-38(36)51/h1-18,20-28,39,53-58H,19H2. The number of nitrogens with zero attached hydrogens (tertiary/aromatic N) is 2. The van der Waals surface area contributed by atoms with Gasteiger partial charge in [-0.05, 0) is 76.7 Å². The molecule has 1 atom stereocenters. The van der Waals surface area contributed by atoms with Crippen molar-refractivity contribution >= 4 is 45.7 Å². The maximum absolute atomic E-state index is 12.0. The largest absolute Gasteiger partial charge is 0.506 e. The second-order valence-corrected chi connectivity index (χ2v) is 15.6. The highest BCUT2D eigenvalue weighted by atomic mass is 32.2. The molecule has 1 aliphatic heterocycles. The number of para-hydroxylation sites is 1. The molecule has 0 radical (unpaired) electrons. The van der Waals surface area contributed by atoms with E-state index < -0.39 is 29.1 Å². The zero-order valence-corrected chi connectivity index (χ0v) is 32.2. The Bertz CT molecular complexity index is 3000. The number of allylic oxidation sites excluding steroid dienone is 3. The van der Waals surface area contributed by atoms with Crippen molar-refractivity contribution < 1.29 is 30.6 Å². The molecule has 288 valence electrons. The number of rotatable bonds is 5. The molecule has 6 aromatic carbocycles. The lowest BCUT2D eigenvalue weighted by Crippen LogP contribution is -2.24. The minimum absolute atomic E-state index is 0.00805. The number of phenols is 3. The number of aromatic nitrogens is 1. The second-order valence-electron chi connectivity index (χ2n) is 14.5. The molecule has 7 aromatic rings. The van der Waals surface area contributed by atoms with Crippen LogP contribution in [0.4, 0.5) is 11.4 Å². The maximum Gasteiger partial charge on any atom is 0.184 e. The lowest BCUT2D eigenvalue weighted by molar-refractivity contribution is 0.269. The van der Waals surface area contributed by atoms with E-state index in [9.17, 15) is 30.6 Å². The number of fused-ring (bicyclic) bond motifs is 5. The molecule has 3 aliphatic rings. The lowest BCUT2D eigenvalue weighted by Gasteiger charge is -2.36. The van der Waals surface area contributed by atoms with Crippen LogP contribution in [0.3, 0.4) is 0 Å². The van der Waals surface area contributed by atoms with Gasteiger partial charge in [-0.3, -0.25) is 0 Å². The predicted molar refractivity (Wildman–Crippen MR) is 235 cm³/mol. The SMILES string of the molecule is OC1=C(c2ccccc2)C(O)C=C2Sc3c(O)c(-c4ccccc4)c(O)c(O)c3N(c3ccc(-c4cccc(-n5c6c(c7ccccc75)CC=CC=C6)c4)cc3)C2=C1O. The molecule has 1 unspecified atom stereocenters. The first-order valence-electron chi connectivity index (χ1n) is 19.1. The third-order valence-electron chi connectivity index (χ3n) is 11.1. The number of thioether (sulfide) groups is 1. The Kier molecular flexibility index (Phi) is 8.70. The summed E-state index contributed by atoms with van der Waals surface area (Å²) in [5, 5.41) is 71.9. The van der Waals surface area contributed by atoms with Gasteiger partial charge in [0.15, 0.2) is 23.0 Å². The van der Waals surface area contributed by atoms with Crippen molar-refractivity contribution in [1.29, 1.82) is 0 Å². The van der Waals surface area contributed by atoms with Crippen LogP contribution in [-0.4, -0.2) is 41.3 Å². The van der Waals surface area contributed by atoms with Gasteiger partial charge in [0.05, 0.1) is 21.7 Å². The third kappa shape index (κ3) is 5.81. The van der Waals surface area contributed by atoms with Crippen molar-refractivity contribution in [3.63, 3.8) is 0 Å². The Balaban J connectivity index is 1.14. The van der Waals surface area contributed by atoms with Crippen LogP contribution < -0.4 is 4.90 Å². The average Bonchev–Trinajstić information content (AvgIpc) is 3.34. The van der Waals surface area contributed by atoms with E-state index in [0.29, 0.717) is 21.7 Å². The summed E-state index contributed by atoms with van der Waals surface area (Å²) in [4.78, 5) is 1.98. The fourth-order valence-electron chi connectivity index (χ4n) is 8.40. The molecule has 2 aliphatic carbocycles. The number of phenolic OH excluding ortho intramolecular Hbond substituents is 3. The highest BCUT2D eigenvalue weighted by Gasteiger charge is 2.40. The van der Waals surface area contributed by atoms with Crippen molar-refractivity contribution in [3.8, 4) is 45.2 Å². The molecule has 0 saturated carbocycles. The first-order chi connectivity index (χ1) is 28.8. The van der Waals surface area contributed by atoms with E-state index in [4.69, 9.17) is 0 Å². The molecule has 0 spiro atoms. The summed E-state index contributed by atoms with van der Waals surface area (Å²) in [5.41, 5.74) is 7.90. The van der Waals surface area contributed by atoms with Crippen LogP contribution in [0.2, 0.25) is 0 Å². The lowest BCUT2D eigenvalue weighted by atomic mass is 9.99. The Labute approximate surface area is 343 Å².